The van der Waals surface area contributed by atoms with Gasteiger partial charge in [-0.05, 0) is 23.3 Å². The van der Waals surface area contributed by atoms with Crippen molar-refractivity contribution < 1.29 is 29.3 Å². The summed E-state index contributed by atoms with van der Waals surface area (Å²) in [6, 6.07) is 26.9. The summed E-state index contributed by atoms with van der Waals surface area (Å²) in [5.74, 6) is -4.21. The molecule has 8 heteroatoms. The summed E-state index contributed by atoms with van der Waals surface area (Å²) in [5.41, 5.74) is -2.43. The Morgan fingerprint density at radius 1 is 1.00 bits per heavy atom. The fourth-order valence-electron chi connectivity index (χ4n) is 5.67. The Hall–Kier alpha value is -4.01. The van der Waals surface area contributed by atoms with Crippen molar-refractivity contribution >= 4 is 27.7 Å². The molecule has 190 valence electrons. The Bertz CT molecular complexity index is 1530. The Morgan fingerprint density at radius 2 is 1.66 bits per heavy atom. The number of ketones is 1. The van der Waals surface area contributed by atoms with Crippen LogP contribution >= 0.6 is 15.9 Å². The average molecular weight is 572 g/mol. The second-order valence-electron chi connectivity index (χ2n) is 9.44. The van der Waals surface area contributed by atoms with Crippen LogP contribution in [0.4, 0.5) is 0 Å². The number of aromatic nitrogens is 1. The summed E-state index contributed by atoms with van der Waals surface area (Å²) >= 11 is 3.42. The van der Waals surface area contributed by atoms with Gasteiger partial charge in [-0.1, -0.05) is 88.7 Å². The molecule has 3 aromatic carbocycles. The van der Waals surface area contributed by atoms with Gasteiger partial charge in [0.15, 0.2) is 5.60 Å². The van der Waals surface area contributed by atoms with E-state index >= 15 is 0 Å². The molecule has 1 unspecified atom stereocenters. The number of hydrogen-bond acceptors (Lipinski definition) is 6. The molecule has 1 aromatic heterocycles. The Morgan fingerprint density at radius 3 is 2.32 bits per heavy atom. The van der Waals surface area contributed by atoms with Crippen LogP contribution in [0.1, 0.15) is 28.3 Å². The highest BCUT2D eigenvalue weighted by Gasteiger charge is 2.76. The number of halogens is 1. The lowest BCUT2D eigenvalue weighted by molar-refractivity contribution is -0.161. The number of ether oxygens (including phenoxy) is 2. The van der Waals surface area contributed by atoms with E-state index in [9.17, 15) is 19.8 Å². The molecule has 2 bridgehead atoms. The van der Waals surface area contributed by atoms with Gasteiger partial charge >= 0.3 is 5.97 Å². The predicted octanol–water partition coefficient (Wildman–Crippen LogP) is 4.97. The molecule has 0 spiro atoms. The van der Waals surface area contributed by atoms with Crippen molar-refractivity contribution in [2.24, 2.45) is 5.92 Å². The highest BCUT2D eigenvalue weighted by molar-refractivity contribution is 9.10. The normalized spacial score (nSPS) is 25.4. The largest absolute Gasteiger partial charge is 0.487 e. The van der Waals surface area contributed by atoms with Gasteiger partial charge in [0.25, 0.3) is 0 Å². The van der Waals surface area contributed by atoms with Crippen LogP contribution in [0, 0.1) is 5.92 Å². The number of benzene rings is 3. The Kier molecular flexibility index (Phi) is 5.81. The van der Waals surface area contributed by atoms with Crippen molar-refractivity contribution in [3.63, 3.8) is 0 Å². The average Bonchev–Trinajstić information content (AvgIpc) is 3.06. The number of pyridine rings is 1. The standard InChI is InChI=1S/C30H22BrNO6/c31-21-13-11-20(12-14-21)30-24(19-9-5-2-6-10-19)25(27(33)34)29(36,28(30)35)26-23(38-30)15-22(16-32-26)37-17-18-7-3-1-4-8-18/h1-16,24-25,36H,17H2,(H,33,34)/t24-,25-,29-,30?/m1/s1. The number of aliphatic carboxylic acids is 1. The van der Waals surface area contributed by atoms with Gasteiger partial charge in [-0.15, -0.1) is 0 Å². The first-order valence-electron chi connectivity index (χ1n) is 12.0. The number of hydrogen-bond donors (Lipinski definition) is 2. The van der Waals surface area contributed by atoms with Crippen LogP contribution in [-0.4, -0.2) is 26.9 Å². The topological polar surface area (TPSA) is 106 Å². The van der Waals surface area contributed by atoms with Crippen molar-refractivity contribution in [3.05, 3.63) is 124 Å². The SMILES string of the molecule is O=C(O)[C@H]1[C@@H](c2ccccc2)C2(c3ccc(Br)cc3)Oc3cc(OCc4ccccc4)cnc3[C@@]1(O)C2=O. The monoisotopic (exact) mass is 571 g/mol. The van der Waals surface area contributed by atoms with Gasteiger partial charge in [-0.25, -0.2) is 4.98 Å². The smallest absolute Gasteiger partial charge is 0.311 e. The zero-order valence-corrected chi connectivity index (χ0v) is 21.5. The van der Waals surface area contributed by atoms with Gasteiger partial charge in [0.05, 0.1) is 12.1 Å². The van der Waals surface area contributed by atoms with E-state index in [1.54, 1.807) is 60.7 Å². The molecule has 0 radical (unpaired) electrons. The van der Waals surface area contributed by atoms with Gasteiger partial charge in [0.1, 0.15) is 29.7 Å². The molecule has 1 aliphatic carbocycles. The molecule has 4 atom stereocenters. The second kappa shape index (κ2) is 9.08. The lowest BCUT2D eigenvalue weighted by atomic mass is 9.75. The predicted molar refractivity (Wildman–Crippen MR) is 141 cm³/mol. The van der Waals surface area contributed by atoms with Gasteiger partial charge in [0.2, 0.25) is 11.4 Å². The number of aliphatic hydroxyl groups is 1. The van der Waals surface area contributed by atoms with E-state index in [0.717, 1.165) is 10.0 Å². The molecule has 1 aliphatic heterocycles. The zero-order valence-electron chi connectivity index (χ0n) is 20.0. The minimum absolute atomic E-state index is 0.102. The molecule has 0 saturated heterocycles. The van der Waals surface area contributed by atoms with E-state index in [1.807, 2.05) is 30.3 Å². The summed E-state index contributed by atoms with van der Waals surface area (Å²) in [6.45, 7) is 0.271. The van der Waals surface area contributed by atoms with E-state index in [0.29, 0.717) is 16.9 Å². The molecule has 38 heavy (non-hydrogen) atoms. The molecular formula is C30H22BrNO6. The maximum absolute atomic E-state index is 14.3. The van der Waals surface area contributed by atoms with Crippen LogP contribution in [0.25, 0.3) is 0 Å². The first-order valence-corrected chi connectivity index (χ1v) is 12.8. The van der Waals surface area contributed by atoms with E-state index in [4.69, 9.17) is 9.47 Å². The fraction of sp³-hybridized carbons (Fsp3) is 0.167. The summed E-state index contributed by atoms with van der Waals surface area (Å²) in [4.78, 5) is 31.4. The van der Waals surface area contributed by atoms with Crippen molar-refractivity contribution in [1.82, 2.24) is 4.98 Å². The van der Waals surface area contributed by atoms with Crippen LogP contribution in [0.15, 0.2) is 102 Å². The third-order valence-corrected chi connectivity index (χ3v) is 7.84. The van der Waals surface area contributed by atoms with Gasteiger partial charge in [-0.2, -0.15) is 0 Å². The molecule has 2 heterocycles. The number of carboxylic acid groups (broad SMARTS) is 1. The molecule has 1 fully saturated rings. The van der Waals surface area contributed by atoms with E-state index < -0.39 is 34.8 Å². The van der Waals surface area contributed by atoms with Crippen molar-refractivity contribution in [3.8, 4) is 11.5 Å². The lowest BCUT2D eigenvalue weighted by Crippen LogP contribution is -2.51. The van der Waals surface area contributed by atoms with Crippen molar-refractivity contribution in [2.75, 3.05) is 0 Å². The third-order valence-electron chi connectivity index (χ3n) is 7.31. The molecule has 2 N–H and O–H groups in total. The summed E-state index contributed by atoms with van der Waals surface area (Å²) in [5, 5.41) is 22.5. The summed E-state index contributed by atoms with van der Waals surface area (Å²) in [6.07, 6.45) is 1.37. The molecule has 1 saturated carbocycles. The van der Waals surface area contributed by atoms with Gasteiger partial charge in [0, 0.05) is 16.1 Å². The van der Waals surface area contributed by atoms with E-state index in [1.165, 1.54) is 6.20 Å². The lowest BCUT2D eigenvalue weighted by Gasteiger charge is -2.38. The quantitative estimate of drug-likeness (QED) is 0.336. The fourth-order valence-corrected chi connectivity index (χ4v) is 5.93. The Labute approximate surface area is 226 Å². The highest BCUT2D eigenvalue weighted by atomic mass is 79.9. The summed E-state index contributed by atoms with van der Waals surface area (Å²) < 4.78 is 13.2. The van der Waals surface area contributed by atoms with Crippen LogP contribution < -0.4 is 9.47 Å². The van der Waals surface area contributed by atoms with Crippen LogP contribution in [-0.2, 0) is 27.4 Å². The molecule has 7 nitrogen and oxygen atoms in total. The van der Waals surface area contributed by atoms with E-state index in [2.05, 4.69) is 20.9 Å². The second-order valence-corrected chi connectivity index (χ2v) is 10.4. The maximum Gasteiger partial charge on any atom is 0.311 e. The van der Waals surface area contributed by atoms with E-state index in [-0.39, 0.29) is 18.1 Å². The minimum atomic E-state index is -2.43. The van der Waals surface area contributed by atoms with Crippen molar-refractivity contribution in [1.29, 1.82) is 0 Å². The molecule has 4 aromatic rings. The number of carboxylic acids is 1. The Balaban J connectivity index is 1.54. The first kappa shape index (κ1) is 24.3. The molecular weight excluding hydrogens is 550 g/mol. The third kappa shape index (κ3) is 3.55. The highest BCUT2D eigenvalue weighted by Crippen LogP contribution is 2.64. The van der Waals surface area contributed by atoms with Crippen molar-refractivity contribution in [2.45, 2.75) is 23.7 Å². The molecule has 6 rings (SSSR count). The van der Waals surface area contributed by atoms with Crippen LogP contribution in [0.2, 0.25) is 0 Å². The molecule has 2 aliphatic rings. The number of rotatable bonds is 6. The maximum atomic E-state index is 14.3. The number of carbonyl (C=O) groups is 2. The van der Waals surface area contributed by atoms with Gasteiger partial charge < -0.3 is 19.7 Å². The number of Topliss-reactive ketones (excluding diaryl/α,β-unsaturated/α-hetero) is 1. The van der Waals surface area contributed by atoms with Gasteiger partial charge in [-0.3, -0.25) is 9.59 Å². The zero-order chi connectivity index (χ0) is 26.5. The van der Waals surface area contributed by atoms with Crippen LogP contribution in [0.3, 0.4) is 0 Å². The summed E-state index contributed by atoms with van der Waals surface area (Å²) in [7, 11) is 0. The number of fused-ring (bicyclic) bond motifs is 4. The number of nitrogens with zero attached hydrogens (tertiary/aromatic N) is 1. The molecule has 0 amide bonds. The number of carbonyl (C=O) groups excluding carboxylic acids is 1. The first-order chi connectivity index (χ1) is 18.4. The minimum Gasteiger partial charge on any atom is -0.487 e. The van der Waals surface area contributed by atoms with Crippen LogP contribution in [0.5, 0.6) is 11.5 Å².